The van der Waals surface area contributed by atoms with Gasteiger partial charge in [-0.25, -0.2) is 0 Å². The van der Waals surface area contributed by atoms with E-state index in [1.165, 1.54) is 7.11 Å². The molecular formula is C23H27N3O5. The van der Waals surface area contributed by atoms with Gasteiger partial charge in [0, 0.05) is 23.4 Å². The van der Waals surface area contributed by atoms with Crippen LogP contribution in [0.4, 0.5) is 11.4 Å². The van der Waals surface area contributed by atoms with Gasteiger partial charge in [0.25, 0.3) is 0 Å². The molecule has 2 amide bonds. The number of ether oxygens (including phenoxy) is 2. The number of methoxy groups -OCH3 is 2. The highest BCUT2D eigenvalue weighted by molar-refractivity contribution is 6.11. The quantitative estimate of drug-likeness (QED) is 0.585. The molecule has 2 aliphatic heterocycles. The lowest BCUT2D eigenvalue weighted by molar-refractivity contribution is -0.130. The highest BCUT2D eigenvalue weighted by Gasteiger charge is 2.60. The van der Waals surface area contributed by atoms with Gasteiger partial charge >= 0.3 is 0 Å². The molecule has 2 heterocycles. The molecule has 1 fully saturated rings. The Bertz CT molecular complexity index is 1040. The number of aryl methyl sites for hydroxylation is 1. The Kier molecular flexibility index (Phi) is 5.36. The van der Waals surface area contributed by atoms with E-state index in [1.54, 1.807) is 32.2 Å². The monoisotopic (exact) mass is 425 g/mol. The molecule has 2 aliphatic rings. The second-order valence-corrected chi connectivity index (χ2v) is 8.09. The summed E-state index contributed by atoms with van der Waals surface area (Å²) in [6.45, 7) is 3.57. The predicted octanol–water partition coefficient (Wildman–Crippen LogP) is 2.16. The summed E-state index contributed by atoms with van der Waals surface area (Å²) in [5.41, 5.74) is 1.53. The van der Waals surface area contributed by atoms with Gasteiger partial charge in [-0.2, -0.15) is 0 Å². The van der Waals surface area contributed by atoms with Gasteiger partial charge < -0.3 is 25.2 Å². The molecule has 0 bridgehead atoms. The molecule has 0 unspecified atom stereocenters. The summed E-state index contributed by atoms with van der Waals surface area (Å²) in [5.74, 6) is -0.333. The van der Waals surface area contributed by atoms with Crippen LogP contribution in [0.15, 0.2) is 36.4 Å². The summed E-state index contributed by atoms with van der Waals surface area (Å²) in [4.78, 5) is 26.8. The summed E-state index contributed by atoms with van der Waals surface area (Å²) >= 11 is 0. The Morgan fingerprint density at radius 2 is 2.03 bits per heavy atom. The number of nitrogens with one attached hydrogen (secondary N) is 3. The molecule has 2 aromatic carbocycles. The predicted molar refractivity (Wildman–Crippen MR) is 116 cm³/mol. The number of hydrogen-bond acceptors (Lipinski definition) is 6. The first-order chi connectivity index (χ1) is 14.8. The fourth-order valence-corrected chi connectivity index (χ4v) is 4.62. The van der Waals surface area contributed by atoms with E-state index in [0.29, 0.717) is 29.3 Å². The van der Waals surface area contributed by atoms with Crippen LogP contribution in [0, 0.1) is 12.8 Å². The zero-order valence-corrected chi connectivity index (χ0v) is 18.0. The molecule has 2 aromatic rings. The molecule has 1 saturated heterocycles. The van der Waals surface area contributed by atoms with Gasteiger partial charge in [0.1, 0.15) is 17.0 Å². The number of benzene rings is 2. The Balaban J connectivity index is 1.76. The van der Waals surface area contributed by atoms with Crippen molar-refractivity contribution >= 4 is 23.2 Å². The van der Waals surface area contributed by atoms with Gasteiger partial charge in [-0.05, 0) is 38.0 Å². The van der Waals surface area contributed by atoms with Crippen LogP contribution in [0.2, 0.25) is 0 Å². The number of rotatable bonds is 5. The number of carbonyl (C=O) groups excluding carboxylic acids is 2. The van der Waals surface area contributed by atoms with Crippen LogP contribution < -0.4 is 25.4 Å². The van der Waals surface area contributed by atoms with Crippen LogP contribution >= 0.6 is 0 Å². The van der Waals surface area contributed by atoms with E-state index in [9.17, 15) is 14.7 Å². The van der Waals surface area contributed by atoms with E-state index in [0.717, 1.165) is 11.1 Å². The molecular weight excluding hydrogens is 398 g/mol. The Morgan fingerprint density at radius 1 is 1.26 bits per heavy atom. The molecule has 0 aromatic heterocycles. The van der Waals surface area contributed by atoms with E-state index >= 15 is 0 Å². The number of fused-ring (bicyclic) bond motifs is 2. The average molecular weight is 425 g/mol. The topological polar surface area (TPSA) is 109 Å². The zero-order chi connectivity index (χ0) is 22.3. The smallest absolute Gasteiger partial charge is 0.250 e. The maximum atomic E-state index is 13.5. The van der Waals surface area contributed by atoms with Crippen LogP contribution in [0.1, 0.15) is 24.5 Å². The molecule has 0 aliphatic carbocycles. The summed E-state index contributed by atoms with van der Waals surface area (Å²) in [7, 11) is 3.06. The molecule has 8 heteroatoms. The fourth-order valence-electron chi connectivity index (χ4n) is 4.62. The van der Waals surface area contributed by atoms with Crippen LogP contribution in [0.25, 0.3) is 0 Å². The molecule has 4 rings (SSSR count). The van der Waals surface area contributed by atoms with Gasteiger partial charge in [0.2, 0.25) is 11.8 Å². The van der Waals surface area contributed by atoms with E-state index in [4.69, 9.17) is 9.47 Å². The fraction of sp³-hybridized carbons (Fsp3) is 0.391. The molecule has 1 spiro atoms. The first kappa shape index (κ1) is 21.1. The third kappa shape index (κ3) is 3.32. The van der Waals surface area contributed by atoms with E-state index in [2.05, 4.69) is 16.0 Å². The second-order valence-electron chi connectivity index (χ2n) is 8.09. The molecule has 4 atom stereocenters. The summed E-state index contributed by atoms with van der Waals surface area (Å²) < 4.78 is 10.6. The standard InChI is InChI=1S/C23H27N3O5/c1-12-6-5-7-15-20(12)25-22(29)23(15)16(11-17(26-23)13(2)27)21(28)24-18-10-14(30-3)8-9-19(18)31-4/h5-10,13,16-17,26-27H,11H2,1-4H3,(H,24,28)(H,25,29)/t13-,16+,17-,23+/m1/s1. The van der Waals surface area contributed by atoms with Crippen molar-refractivity contribution in [2.24, 2.45) is 5.92 Å². The second kappa shape index (κ2) is 7.86. The van der Waals surface area contributed by atoms with Gasteiger partial charge in [0.05, 0.1) is 31.9 Å². The highest BCUT2D eigenvalue weighted by Crippen LogP contribution is 2.48. The number of aliphatic hydroxyl groups excluding tert-OH is 1. The normalized spacial score (nSPS) is 25.1. The SMILES string of the molecule is COc1ccc(OC)c(NC(=O)[C@@H]2C[C@H]([C@@H](C)O)N[C@]23C(=O)Nc2c(C)cccc23)c1. The number of anilines is 2. The van der Waals surface area contributed by atoms with Crippen LogP contribution in [0.3, 0.4) is 0 Å². The van der Waals surface area contributed by atoms with E-state index in [-0.39, 0.29) is 11.8 Å². The number of amides is 2. The maximum Gasteiger partial charge on any atom is 0.250 e. The Labute approximate surface area is 180 Å². The molecule has 31 heavy (non-hydrogen) atoms. The van der Waals surface area contributed by atoms with Crippen molar-refractivity contribution in [1.29, 1.82) is 0 Å². The lowest BCUT2D eigenvalue weighted by atomic mass is 9.79. The van der Waals surface area contributed by atoms with Crippen molar-refractivity contribution < 1.29 is 24.2 Å². The van der Waals surface area contributed by atoms with Gasteiger partial charge in [-0.15, -0.1) is 0 Å². The molecule has 0 saturated carbocycles. The third-order valence-electron chi connectivity index (χ3n) is 6.28. The van der Waals surface area contributed by atoms with Crippen LogP contribution in [0.5, 0.6) is 11.5 Å². The van der Waals surface area contributed by atoms with Crippen LogP contribution in [-0.4, -0.2) is 43.3 Å². The van der Waals surface area contributed by atoms with E-state index in [1.807, 2.05) is 25.1 Å². The minimum atomic E-state index is -1.26. The highest BCUT2D eigenvalue weighted by atomic mass is 16.5. The molecule has 4 N–H and O–H groups in total. The first-order valence-electron chi connectivity index (χ1n) is 10.2. The summed E-state index contributed by atoms with van der Waals surface area (Å²) in [6.07, 6.45) is -0.431. The minimum Gasteiger partial charge on any atom is -0.497 e. The Hall–Kier alpha value is -3.10. The lowest BCUT2D eigenvalue weighted by Crippen LogP contribution is -2.53. The molecule has 0 radical (unpaired) electrons. The van der Waals surface area contributed by atoms with Crippen molar-refractivity contribution in [3.05, 3.63) is 47.5 Å². The Morgan fingerprint density at radius 3 is 2.71 bits per heavy atom. The number of carbonyl (C=O) groups is 2. The first-order valence-corrected chi connectivity index (χ1v) is 10.2. The lowest BCUT2D eigenvalue weighted by Gasteiger charge is -2.29. The third-order valence-corrected chi connectivity index (χ3v) is 6.28. The summed E-state index contributed by atoms with van der Waals surface area (Å²) in [6, 6.07) is 10.3. The zero-order valence-electron chi connectivity index (χ0n) is 18.0. The summed E-state index contributed by atoms with van der Waals surface area (Å²) in [5, 5.41) is 19.4. The van der Waals surface area contributed by atoms with Crippen molar-refractivity contribution in [1.82, 2.24) is 5.32 Å². The van der Waals surface area contributed by atoms with Crippen molar-refractivity contribution in [2.45, 2.75) is 38.0 Å². The van der Waals surface area contributed by atoms with Gasteiger partial charge in [-0.1, -0.05) is 18.2 Å². The van der Waals surface area contributed by atoms with E-state index < -0.39 is 23.6 Å². The van der Waals surface area contributed by atoms with Crippen molar-refractivity contribution in [2.75, 3.05) is 24.9 Å². The molecule has 164 valence electrons. The van der Waals surface area contributed by atoms with Crippen molar-refractivity contribution in [3.63, 3.8) is 0 Å². The van der Waals surface area contributed by atoms with Crippen molar-refractivity contribution in [3.8, 4) is 11.5 Å². The average Bonchev–Trinajstić information content (AvgIpc) is 3.29. The maximum absolute atomic E-state index is 13.5. The van der Waals surface area contributed by atoms with Crippen LogP contribution in [-0.2, 0) is 15.1 Å². The minimum absolute atomic E-state index is 0.294. The molecule has 8 nitrogen and oxygen atoms in total. The number of hydrogen-bond donors (Lipinski definition) is 4. The van der Waals surface area contributed by atoms with Gasteiger partial charge in [-0.3, -0.25) is 14.9 Å². The largest absolute Gasteiger partial charge is 0.497 e. The number of para-hydroxylation sites is 1. The van der Waals surface area contributed by atoms with Gasteiger partial charge in [0.15, 0.2) is 0 Å². The number of aliphatic hydroxyl groups is 1.